The van der Waals surface area contributed by atoms with Crippen molar-refractivity contribution in [1.29, 1.82) is 0 Å². The standard InChI is InChI=1S/C17H17F3N4O2/c1-2-23-7-5-13(22-17-14(24(25)26)4-3-6-21-17)16(23)10-8-11(18)15(20)12(19)9-10/h3-4,6,8-9,13,16H,2,5,7H2,1H3,(H,21,22). The molecule has 2 aromatic rings. The van der Waals surface area contributed by atoms with E-state index in [1.807, 2.05) is 11.8 Å². The van der Waals surface area contributed by atoms with E-state index >= 15 is 0 Å². The monoisotopic (exact) mass is 366 g/mol. The second-order valence-corrected chi connectivity index (χ2v) is 6.04. The lowest BCUT2D eigenvalue weighted by molar-refractivity contribution is -0.384. The Morgan fingerprint density at radius 2 is 2.04 bits per heavy atom. The summed E-state index contributed by atoms with van der Waals surface area (Å²) in [5.41, 5.74) is 0.0921. The van der Waals surface area contributed by atoms with Gasteiger partial charge in [0.05, 0.1) is 11.0 Å². The molecule has 1 saturated heterocycles. The number of likely N-dealkylation sites (tertiary alicyclic amines) is 1. The number of hydrogen-bond donors (Lipinski definition) is 1. The molecule has 6 nitrogen and oxygen atoms in total. The minimum absolute atomic E-state index is 0.0912. The lowest BCUT2D eigenvalue weighted by atomic mass is 9.99. The summed E-state index contributed by atoms with van der Waals surface area (Å²) < 4.78 is 40.7. The zero-order valence-electron chi connectivity index (χ0n) is 14.0. The highest BCUT2D eigenvalue weighted by atomic mass is 19.2. The Morgan fingerprint density at radius 1 is 1.35 bits per heavy atom. The Balaban J connectivity index is 1.96. The number of rotatable bonds is 5. The molecule has 0 spiro atoms. The van der Waals surface area contributed by atoms with Gasteiger partial charge in [-0.3, -0.25) is 15.0 Å². The Morgan fingerprint density at radius 3 is 2.65 bits per heavy atom. The fourth-order valence-corrected chi connectivity index (χ4v) is 3.38. The van der Waals surface area contributed by atoms with Gasteiger partial charge in [-0.25, -0.2) is 18.2 Å². The average Bonchev–Trinajstić information content (AvgIpc) is 3.02. The molecular weight excluding hydrogens is 349 g/mol. The number of likely N-dealkylation sites (N-methyl/N-ethyl adjacent to an activating group) is 1. The van der Waals surface area contributed by atoms with Crippen molar-refractivity contribution in [3.8, 4) is 0 Å². The SMILES string of the molecule is CCN1CCC(Nc2ncccc2[N+](=O)[O-])C1c1cc(F)c(F)c(F)c1. The molecule has 0 saturated carbocycles. The van der Waals surface area contributed by atoms with E-state index in [4.69, 9.17) is 0 Å². The molecule has 1 aliphatic rings. The van der Waals surface area contributed by atoms with Crippen LogP contribution in [0.15, 0.2) is 30.5 Å². The fourth-order valence-electron chi connectivity index (χ4n) is 3.38. The number of aromatic nitrogens is 1. The van der Waals surface area contributed by atoms with Gasteiger partial charge >= 0.3 is 5.69 Å². The van der Waals surface area contributed by atoms with Crippen LogP contribution in [0.3, 0.4) is 0 Å². The molecule has 2 atom stereocenters. The van der Waals surface area contributed by atoms with Gasteiger partial charge < -0.3 is 5.32 Å². The summed E-state index contributed by atoms with van der Waals surface area (Å²) in [4.78, 5) is 16.6. The normalized spacial score (nSPS) is 20.3. The first-order valence-electron chi connectivity index (χ1n) is 8.16. The van der Waals surface area contributed by atoms with Gasteiger partial charge in [0.1, 0.15) is 0 Å². The van der Waals surface area contributed by atoms with Crippen molar-refractivity contribution in [3.63, 3.8) is 0 Å². The molecule has 1 aromatic heterocycles. The van der Waals surface area contributed by atoms with E-state index in [-0.39, 0.29) is 23.1 Å². The van der Waals surface area contributed by atoms with Gasteiger partial charge in [-0.1, -0.05) is 6.92 Å². The van der Waals surface area contributed by atoms with Gasteiger partial charge in [-0.2, -0.15) is 0 Å². The second kappa shape index (κ2) is 7.28. The van der Waals surface area contributed by atoms with E-state index in [2.05, 4.69) is 10.3 Å². The summed E-state index contributed by atoms with van der Waals surface area (Å²) >= 11 is 0. The van der Waals surface area contributed by atoms with Crippen LogP contribution in [-0.4, -0.2) is 33.9 Å². The zero-order valence-corrected chi connectivity index (χ0v) is 14.0. The Labute approximate surface area is 147 Å². The minimum atomic E-state index is -1.51. The van der Waals surface area contributed by atoms with Gasteiger partial charge in [0.2, 0.25) is 5.82 Å². The molecule has 3 rings (SSSR count). The van der Waals surface area contributed by atoms with Gasteiger partial charge in [-0.15, -0.1) is 0 Å². The third-order valence-electron chi connectivity index (χ3n) is 4.56. The summed E-state index contributed by atoms with van der Waals surface area (Å²) in [5, 5.41) is 14.2. The summed E-state index contributed by atoms with van der Waals surface area (Å²) in [6, 6.07) is 3.89. The number of nitrogens with one attached hydrogen (secondary N) is 1. The van der Waals surface area contributed by atoms with Crippen molar-refractivity contribution in [1.82, 2.24) is 9.88 Å². The van der Waals surface area contributed by atoms with Crippen LogP contribution < -0.4 is 5.32 Å². The number of nitrogens with zero attached hydrogens (tertiary/aromatic N) is 3. The molecule has 1 fully saturated rings. The van der Waals surface area contributed by atoms with Crippen molar-refractivity contribution < 1.29 is 18.1 Å². The van der Waals surface area contributed by atoms with E-state index in [0.717, 1.165) is 12.1 Å². The van der Waals surface area contributed by atoms with Crippen molar-refractivity contribution in [2.45, 2.75) is 25.4 Å². The van der Waals surface area contributed by atoms with Crippen LogP contribution in [0.25, 0.3) is 0 Å². The smallest absolute Gasteiger partial charge is 0.311 e. The molecule has 138 valence electrons. The predicted octanol–water partition coefficient (Wildman–Crippen LogP) is 3.65. The molecule has 2 unspecified atom stereocenters. The van der Waals surface area contributed by atoms with E-state index in [1.165, 1.54) is 18.3 Å². The highest BCUT2D eigenvalue weighted by molar-refractivity contribution is 5.56. The van der Waals surface area contributed by atoms with Crippen molar-refractivity contribution in [3.05, 3.63) is 63.6 Å². The van der Waals surface area contributed by atoms with Crippen LogP contribution in [0.5, 0.6) is 0 Å². The van der Waals surface area contributed by atoms with Crippen molar-refractivity contribution in [2.24, 2.45) is 0 Å². The van der Waals surface area contributed by atoms with Crippen LogP contribution in [0.2, 0.25) is 0 Å². The van der Waals surface area contributed by atoms with E-state index in [1.54, 1.807) is 0 Å². The molecule has 0 amide bonds. The van der Waals surface area contributed by atoms with Gasteiger partial charge in [0.25, 0.3) is 0 Å². The molecule has 0 bridgehead atoms. The quantitative estimate of drug-likeness (QED) is 0.497. The molecule has 1 aromatic carbocycles. The zero-order chi connectivity index (χ0) is 18.8. The van der Waals surface area contributed by atoms with Gasteiger partial charge in [-0.05, 0) is 36.7 Å². The van der Waals surface area contributed by atoms with E-state index < -0.39 is 28.4 Å². The average molecular weight is 366 g/mol. The molecule has 2 heterocycles. The third kappa shape index (κ3) is 3.34. The summed E-state index contributed by atoms with van der Waals surface area (Å²) in [6.45, 7) is 3.13. The Kier molecular flexibility index (Phi) is 5.08. The lowest BCUT2D eigenvalue weighted by Crippen LogP contribution is -2.32. The number of pyridine rings is 1. The summed E-state index contributed by atoms with van der Waals surface area (Å²) in [5.74, 6) is -3.94. The molecule has 1 aliphatic heterocycles. The van der Waals surface area contributed by atoms with Crippen LogP contribution in [0, 0.1) is 27.6 Å². The van der Waals surface area contributed by atoms with Crippen LogP contribution >= 0.6 is 0 Å². The molecular formula is C17H17F3N4O2. The third-order valence-corrected chi connectivity index (χ3v) is 4.56. The molecule has 1 N–H and O–H groups in total. The highest BCUT2D eigenvalue weighted by Gasteiger charge is 2.36. The maximum Gasteiger partial charge on any atom is 0.311 e. The first-order chi connectivity index (χ1) is 12.4. The van der Waals surface area contributed by atoms with Crippen molar-refractivity contribution >= 4 is 11.5 Å². The first kappa shape index (κ1) is 18.1. The van der Waals surface area contributed by atoms with Gasteiger partial charge in [0.15, 0.2) is 17.5 Å². The molecule has 0 radical (unpaired) electrons. The highest BCUT2D eigenvalue weighted by Crippen LogP contribution is 2.36. The minimum Gasteiger partial charge on any atom is -0.360 e. The number of hydrogen-bond acceptors (Lipinski definition) is 5. The topological polar surface area (TPSA) is 71.3 Å². The molecule has 9 heteroatoms. The maximum atomic E-state index is 13.7. The van der Waals surface area contributed by atoms with Crippen LogP contribution in [-0.2, 0) is 0 Å². The second-order valence-electron chi connectivity index (χ2n) is 6.04. The summed E-state index contributed by atoms with van der Waals surface area (Å²) in [7, 11) is 0. The lowest BCUT2D eigenvalue weighted by Gasteiger charge is -2.28. The predicted molar refractivity (Wildman–Crippen MR) is 89.2 cm³/mol. The number of halogens is 3. The first-order valence-corrected chi connectivity index (χ1v) is 8.16. The molecule has 26 heavy (non-hydrogen) atoms. The van der Waals surface area contributed by atoms with E-state index in [0.29, 0.717) is 19.5 Å². The fraction of sp³-hybridized carbons (Fsp3) is 0.353. The van der Waals surface area contributed by atoms with Crippen molar-refractivity contribution in [2.75, 3.05) is 18.4 Å². The number of anilines is 1. The number of nitro groups is 1. The van der Waals surface area contributed by atoms with E-state index in [9.17, 15) is 23.3 Å². The van der Waals surface area contributed by atoms with Crippen LogP contribution in [0.1, 0.15) is 24.9 Å². The van der Waals surface area contributed by atoms with Gasteiger partial charge in [0, 0.05) is 24.8 Å². The Hall–Kier alpha value is -2.68. The molecule has 0 aliphatic carbocycles. The van der Waals surface area contributed by atoms with Crippen LogP contribution in [0.4, 0.5) is 24.7 Å². The Bertz CT molecular complexity index is 810. The largest absolute Gasteiger partial charge is 0.360 e. The number of benzene rings is 1. The summed E-state index contributed by atoms with van der Waals surface area (Å²) in [6.07, 6.45) is 2.01. The maximum absolute atomic E-state index is 13.7.